The predicted octanol–water partition coefficient (Wildman–Crippen LogP) is 3.21. The maximum atomic E-state index is 12.9. The number of nitrogens with one attached hydrogen (secondary N) is 2. The fourth-order valence-corrected chi connectivity index (χ4v) is 3.77. The predicted molar refractivity (Wildman–Crippen MR) is 112 cm³/mol. The lowest BCUT2D eigenvalue weighted by molar-refractivity contribution is -0.384. The number of carbonyl (C=O) groups excluding carboxylic acids is 1. The maximum absolute atomic E-state index is 12.9. The monoisotopic (exact) mass is 398 g/mol. The molecule has 1 fully saturated rings. The highest BCUT2D eigenvalue weighted by molar-refractivity contribution is 6.00. The first-order valence-corrected chi connectivity index (χ1v) is 9.66. The molecule has 1 atom stereocenters. The number of hydrogen-bond acceptors (Lipinski definition) is 6. The van der Waals surface area contributed by atoms with Gasteiger partial charge < -0.3 is 15.4 Å². The van der Waals surface area contributed by atoms with E-state index in [4.69, 9.17) is 4.74 Å². The molecule has 8 nitrogen and oxygen atoms in total. The third kappa shape index (κ3) is 4.65. The molecule has 29 heavy (non-hydrogen) atoms. The average molecular weight is 398 g/mol. The number of rotatable bonds is 8. The largest absolute Gasteiger partial charge is 0.496 e. The number of para-hydroxylation sites is 1. The van der Waals surface area contributed by atoms with Gasteiger partial charge in [-0.3, -0.25) is 19.8 Å². The molecule has 0 radical (unpaired) electrons. The number of nitro groups is 1. The molecular formula is C21H26N4O4. The van der Waals surface area contributed by atoms with Crippen molar-refractivity contribution in [2.45, 2.75) is 18.9 Å². The molecule has 0 saturated carbocycles. The van der Waals surface area contributed by atoms with Crippen LogP contribution in [0, 0.1) is 10.1 Å². The maximum Gasteiger partial charge on any atom is 0.270 e. The van der Waals surface area contributed by atoms with E-state index in [0.29, 0.717) is 12.2 Å². The zero-order valence-electron chi connectivity index (χ0n) is 16.7. The summed E-state index contributed by atoms with van der Waals surface area (Å²) >= 11 is 0. The number of ether oxygens (including phenoxy) is 1. The standard InChI is InChI=1S/C21H26N4O4/c1-22-18-10-9-15(25(27)28)13-17(18)21(26)23-14-19(24-11-5-6-12-24)16-7-3-4-8-20(16)29-2/h3-4,7-10,13,19,22H,5-6,11-12,14H2,1-2H3,(H,23,26). The van der Waals surface area contributed by atoms with Gasteiger partial charge >= 0.3 is 0 Å². The Morgan fingerprint density at radius 1 is 1.24 bits per heavy atom. The third-order valence-corrected chi connectivity index (χ3v) is 5.26. The number of carbonyl (C=O) groups is 1. The molecule has 8 heteroatoms. The van der Waals surface area contributed by atoms with Gasteiger partial charge in [-0.25, -0.2) is 0 Å². The number of benzene rings is 2. The lowest BCUT2D eigenvalue weighted by Crippen LogP contribution is -2.37. The highest BCUT2D eigenvalue weighted by Gasteiger charge is 2.27. The van der Waals surface area contributed by atoms with Gasteiger partial charge in [-0.1, -0.05) is 18.2 Å². The first kappa shape index (κ1) is 20.6. The van der Waals surface area contributed by atoms with E-state index in [0.717, 1.165) is 37.2 Å². The minimum Gasteiger partial charge on any atom is -0.496 e. The zero-order valence-corrected chi connectivity index (χ0v) is 16.7. The number of likely N-dealkylation sites (tertiary alicyclic amines) is 1. The highest BCUT2D eigenvalue weighted by Crippen LogP contribution is 2.31. The van der Waals surface area contributed by atoms with Gasteiger partial charge in [0.15, 0.2) is 0 Å². The van der Waals surface area contributed by atoms with Crippen LogP contribution in [0.25, 0.3) is 0 Å². The molecule has 1 amide bonds. The van der Waals surface area contributed by atoms with Crippen LogP contribution in [0.2, 0.25) is 0 Å². The smallest absolute Gasteiger partial charge is 0.270 e. The summed E-state index contributed by atoms with van der Waals surface area (Å²) in [6.07, 6.45) is 2.24. The van der Waals surface area contributed by atoms with Crippen molar-refractivity contribution >= 4 is 17.3 Å². The first-order chi connectivity index (χ1) is 14.0. The Labute approximate surface area is 170 Å². The van der Waals surface area contributed by atoms with Crippen molar-refractivity contribution in [3.63, 3.8) is 0 Å². The van der Waals surface area contributed by atoms with E-state index in [-0.39, 0.29) is 23.2 Å². The van der Waals surface area contributed by atoms with Crippen molar-refractivity contribution in [1.82, 2.24) is 10.2 Å². The van der Waals surface area contributed by atoms with E-state index in [9.17, 15) is 14.9 Å². The summed E-state index contributed by atoms with van der Waals surface area (Å²) in [6, 6.07) is 12.0. The molecule has 1 heterocycles. The summed E-state index contributed by atoms with van der Waals surface area (Å²) in [4.78, 5) is 25.8. The minimum atomic E-state index is -0.502. The van der Waals surface area contributed by atoms with Crippen LogP contribution in [-0.2, 0) is 0 Å². The lowest BCUT2D eigenvalue weighted by Gasteiger charge is -2.29. The van der Waals surface area contributed by atoms with Crippen molar-refractivity contribution in [3.05, 3.63) is 63.7 Å². The number of anilines is 1. The molecule has 2 aromatic rings. The number of methoxy groups -OCH3 is 1. The van der Waals surface area contributed by atoms with Crippen LogP contribution in [0.1, 0.15) is 34.8 Å². The molecular weight excluding hydrogens is 372 g/mol. The third-order valence-electron chi connectivity index (χ3n) is 5.26. The fraction of sp³-hybridized carbons (Fsp3) is 0.381. The van der Waals surface area contributed by atoms with Gasteiger partial charge in [0, 0.05) is 37.0 Å². The molecule has 0 bridgehead atoms. The van der Waals surface area contributed by atoms with E-state index in [1.807, 2.05) is 24.3 Å². The SMILES string of the molecule is CNc1ccc([N+](=O)[O-])cc1C(=O)NCC(c1ccccc1OC)N1CCCC1. The first-order valence-electron chi connectivity index (χ1n) is 9.66. The summed E-state index contributed by atoms with van der Waals surface area (Å²) < 4.78 is 5.53. The quantitative estimate of drug-likeness (QED) is 0.524. The van der Waals surface area contributed by atoms with Crippen molar-refractivity contribution in [2.75, 3.05) is 39.1 Å². The van der Waals surface area contributed by atoms with Crippen molar-refractivity contribution in [3.8, 4) is 5.75 Å². The Morgan fingerprint density at radius 2 is 1.97 bits per heavy atom. The van der Waals surface area contributed by atoms with Gasteiger partial charge in [-0.15, -0.1) is 0 Å². The van der Waals surface area contributed by atoms with Crippen LogP contribution in [0.15, 0.2) is 42.5 Å². The molecule has 0 spiro atoms. The summed E-state index contributed by atoms with van der Waals surface area (Å²) in [5.74, 6) is 0.432. The minimum absolute atomic E-state index is 0.0330. The van der Waals surface area contributed by atoms with Crippen LogP contribution in [0.5, 0.6) is 5.75 Å². The molecule has 1 aliphatic heterocycles. The Bertz CT molecular complexity index is 881. The van der Waals surface area contributed by atoms with Crippen molar-refractivity contribution in [2.24, 2.45) is 0 Å². The Morgan fingerprint density at radius 3 is 2.62 bits per heavy atom. The van der Waals surface area contributed by atoms with Crippen LogP contribution in [0.4, 0.5) is 11.4 Å². The molecule has 3 rings (SSSR count). The molecule has 1 unspecified atom stereocenters. The molecule has 2 N–H and O–H groups in total. The van der Waals surface area contributed by atoms with Gasteiger partial charge in [0.25, 0.3) is 11.6 Å². The van der Waals surface area contributed by atoms with Crippen molar-refractivity contribution in [1.29, 1.82) is 0 Å². The normalized spacial score (nSPS) is 15.0. The summed E-state index contributed by atoms with van der Waals surface area (Å²) in [6.45, 7) is 2.29. The number of nitrogens with zero attached hydrogens (tertiary/aromatic N) is 2. The second kappa shape index (κ2) is 9.38. The molecule has 154 valence electrons. The van der Waals surface area contributed by atoms with E-state index < -0.39 is 4.92 Å². The van der Waals surface area contributed by atoms with Gasteiger partial charge in [0.2, 0.25) is 0 Å². The van der Waals surface area contributed by atoms with E-state index >= 15 is 0 Å². The van der Waals surface area contributed by atoms with E-state index in [1.165, 1.54) is 12.1 Å². The Balaban J connectivity index is 1.83. The number of amides is 1. The second-order valence-corrected chi connectivity index (χ2v) is 6.95. The summed E-state index contributed by atoms with van der Waals surface area (Å²) in [5.41, 5.74) is 1.70. The molecule has 2 aromatic carbocycles. The second-order valence-electron chi connectivity index (χ2n) is 6.95. The summed E-state index contributed by atoms with van der Waals surface area (Å²) in [7, 11) is 3.32. The van der Waals surface area contributed by atoms with Crippen LogP contribution < -0.4 is 15.4 Å². The fourth-order valence-electron chi connectivity index (χ4n) is 3.77. The average Bonchev–Trinajstić information content (AvgIpc) is 3.28. The topological polar surface area (TPSA) is 96.7 Å². The highest BCUT2D eigenvalue weighted by atomic mass is 16.6. The van der Waals surface area contributed by atoms with E-state index in [2.05, 4.69) is 15.5 Å². The zero-order chi connectivity index (χ0) is 20.8. The van der Waals surface area contributed by atoms with Gasteiger partial charge in [-0.05, 0) is 38.1 Å². The number of nitro benzene ring substituents is 1. The lowest BCUT2D eigenvalue weighted by atomic mass is 10.0. The Hall–Kier alpha value is -3.13. The Kier molecular flexibility index (Phi) is 6.66. The number of hydrogen-bond donors (Lipinski definition) is 2. The summed E-state index contributed by atoms with van der Waals surface area (Å²) in [5, 5.41) is 17.0. The molecule has 0 aliphatic carbocycles. The van der Waals surface area contributed by atoms with Gasteiger partial charge in [0.05, 0.1) is 23.6 Å². The molecule has 1 aliphatic rings. The van der Waals surface area contributed by atoms with Crippen LogP contribution in [0.3, 0.4) is 0 Å². The molecule has 1 saturated heterocycles. The van der Waals surface area contributed by atoms with Crippen molar-refractivity contribution < 1.29 is 14.5 Å². The molecule has 0 aromatic heterocycles. The van der Waals surface area contributed by atoms with E-state index in [1.54, 1.807) is 20.2 Å². The van der Waals surface area contributed by atoms with Crippen LogP contribution >= 0.6 is 0 Å². The van der Waals surface area contributed by atoms with Gasteiger partial charge in [-0.2, -0.15) is 0 Å². The van der Waals surface area contributed by atoms with Gasteiger partial charge in [0.1, 0.15) is 5.75 Å². The van der Waals surface area contributed by atoms with Crippen LogP contribution in [-0.4, -0.2) is 49.5 Å². The number of non-ortho nitro benzene ring substituents is 1.